The minimum atomic E-state index is 0.364. The number of rotatable bonds is 1. The number of fused-ring (bicyclic) bond motifs is 1. The molecule has 0 bridgehead atoms. The molecule has 2 N–H and O–H groups in total. The van der Waals surface area contributed by atoms with Crippen LogP contribution in [0.5, 0.6) is 0 Å². The number of aliphatic imine (C=N–C) groups is 1. The first kappa shape index (κ1) is 11.6. The topological polar surface area (TPSA) is 38.4 Å². The molecule has 2 nitrogen and oxygen atoms in total. The van der Waals surface area contributed by atoms with Crippen molar-refractivity contribution in [1.82, 2.24) is 0 Å². The van der Waals surface area contributed by atoms with Crippen LogP contribution >= 0.6 is 23.4 Å². The van der Waals surface area contributed by atoms with Crippen LogP contribution in [0.25, 0.3) is 0 Å². The van der Waals surface area contributed by atoms with Crippen LogP contribution in [0.2, 0.25) is 5.02 Å². The molecule has 90 valence electrons. The lowest BCUT2D eigenvalue weighted by molar-refractivity contribution is 0.412. The van der Waals surface area contributed by atoms with Gasteiger partial charge in [0.15, 0.2) is 0 Å². The summed E-state index contributed by atoms with van der Waals surface area (Å²) in [6.45, 7) is 0. The molecule has 3 unspecified atom stereocenters. The van der Waals surface area contributed by atoms with Gasteiger partial charge < -0.3 is 5.73 Å². The summed E-state index contributed by atoms with van der Waals surface area (Å²) in [7, 11) is 0. The zero-order chi connectivity index (χ0) is 11.8. The highest BCUT2D eigenvalue weighted by molar-refractivity contribution is 8.15. The van der Waals surface area contributed by atoms with E-state index in [0.717, 1.165) is 29.3 Å². The first-order valence-corrected chi connectivity index (χ1v) is 7.24. The van der Waals surface area contributed by atoms with Crippen molar-refractivity contribution in [3.05, 3.63) is 34.9 Å². The van der Waals surface area contributed by atoms with E-state index in [1.165, 1.54) is 5.56 Å². The van der Waals surface area contributed by atoms with Crippen LogP contribution in [0.1, 0.15) is 24.8 Å². The third-order valence-corrected chi connectivity index (χ3v) is 5.06. The van der Waals surface area contributed by atoms with E-state index >= 15 is 0 Å². The lowest BCUT2D eigenvalue weighted by atomic mass is 9.92. The van der Waals surface area contributed by atoms with E-state index in [9.17, 15) is 0 Å². The second kappa shape index (κ2) is 4.63. The van der Waals surface area contributed by atoms with Crippen LogP contribution in [0.3, 0.4) is 0 Å². The van der Waals surface area contributed by atoms with E-state index in [-0.39, 0.29) is 0 Å². The monoisotopic (exact) mass is 266 g/mol. The van der Waals surface area contributed by atoms with Gasteiger partial charge in [-0.15, -0.1) is 11.8 Å². The minimum absolute atomic E-state index is 0.364. The number of nitrogens with two attached hydrogens (primary N) is 1. The molecule has 1 aromatic carbocycles. The quantitative estimate of drug-likeness (QED) is 0.848. The van der Waals surface area contributed by atoms with Crippen molar-refractivity contribution in [2.75, 3.05) is 0 Å². The molecule has 1 fully saturated rings. The maximum atomic E-state index is 6.01. The van der Waals surface area contributed by atoms with Gasteiger partial charge in [0.25, 0.3) is 0 Å². The van der Waals surface area contributed by atoms with Crippen molar-refractivity contribution < 1.29 is 0 Å². The van der Waals surface area contributed by atoms with Crippen molar-refractivity contribution in [1.29, 1.82) is 0 Å². The Morgan fingerprint density at radius 1 is 1.24 bits per heavy atom. The fourth-order valence-electron chi connectivity index (χ4n) is 2.48. The molecule has 17 heavy (non-hydrogen) atoms. The summed E-state index contributed by atoms with van der Waals surface area (Å²) in [5, 5.41) is 2.52. The smallest absolute Gasteiger partial charge is 0.0984 e. The summed E-state index contributed by atoms with van der Waals surface area (Å²) in [6, 6.07) is 8.78. The van der Waals surface area contributed by atoms with Gasteiger partial charge in [0.2, 0.25) is 0 Å². The van der Waals surface area contributed by atoms with Crippen LogP contribution in [-0.4, -0.2) is 22.4 Å². The molecule has 3 atom stereocenters. The predicted octanol–water partition coefficient (Wildman–Crippen LogP) is 3.08. The fraction of sp³-hybridized carbons (Fsp3) is 0.462. The Hall–Kier alpha value is -0.510. The maximum absolute atomic E-state index is 6.01. The maximum Gasteiger partial charge on any atom is 0.0984 e. The summed E-state index contributed by atoms with van der Waals surface area (Å²) >= 11 is 7.78. The zero-order valence-corrected chi connectivity index (χ0v) is 11.0. The van der Waals surface area contributed by atoms with Gasteiger partial charge >= 0.3 is 0 Å². The van der Waals surface area contributed by atoms with Crippen LogP contribution in [0, 0.1) is 0 Å². The summed E-state index contributed by atoms with van der Waals surface area (Å²) in [5.41, 5.74) is 7.20. The van der Waals surface area contributed by atoms with Crippen LogP contribution in [-0.2, 0) is 0 Å². The van der Waals surface area contributed by atoms with Crippen LogP contribution < -0.4 is 5.73 Å². The standard InChI is InChI=1S/C13H15ClN2S/c14-9-3-1-8(2-4-9)13-16-11-6-5-10(15)7-12(11)17-13/h1-4,10-12H,5-7,15H2. The molecular formula is C13H15ClN2S. The van der Waals surface area contributed by atoms with E-state index < -0.39 is 0 Å². The van der Waals surface area contributed by atoms with Gasteiger partial charge in [-0.1, -0.05) is 23.7 Å². The Morgan fingerprint density at radius 3 is 2.76 bits per heavy atom. The Balaban J connectivity index is 1.80. The van der Waals surface area contributed by atoms with E-state index in [4.69, 9.17) is 22.3 Å². The van der Waals surface area contributed by atoms with Gasteiger partial charge in [0, 0.05) is 21.9 Å². The molecule has 1 aliphatic heterocycles. The third-order valence-electron chi connectivity index (χ3n) is 3.43. The van der Waals surface area contributed by atoms with Crippen molar-refractivity contribution in [2.24, 2.45) is 10.7 Å². The van der Waals surface area contributed by atoms with Crippen molar-refractivity contribution in [3.63, 3.8) is 0 Å². The Morgan fingerprint density at radius 2 is 2.00 bits per heavy atom. The highest BCUT2D eigenvalue weighted by Gasteiger charge is 2.35. The molecule has 0 amide bonds. The normalized spacial score (nSPS) is 32.1. The molecule has 1 saturated carbocycles. The van der Waals surface area contributed by atoms with Gasteiger partial charge in [0.05, 0.1) is 11.1 Å². The van der Waals surface area contributed by atoms with Crippen LogP contribution in [0.4, 0.5) is 0 Å². The van der Waals surface area contributed by atoms with Crippen molar-refractivity contribution in [3.8, 4) is 0 Å². The molecule has 3 rings (SSSR count). The minimum Gasteiger partial charge on any atom is -0.328 e. The van der Waals surface area contributed by atoms with E-state index in [0.29, 0.717) is 17.3 Å². The summed E-state index contributed by atoms with van der Waals surface area (Å²) in [4.78, 5) is 4.83. The highest BCUT2D eigenvalue weighted by Crippen LogP contribution is 2.38. The largest absolute Gasteiger partial charge is 0.328 e. The predicted molar refractivity (Wildman–Crippen MR) is 75.0 cm³/mol. The van der Waals surface area contributed by atoms with Gasteiger partial charge in [-0.3, -0.25) is 4.99 Å². The number of hydrogen-bond donors (Lipinski definition) is 1. The first-order chi connectivity index (χ1) is 8.22. The summed E-state index contributed by atoms with van der Waals surface area (Å²) < 4.78 is 0. The van der Waals surface area contributed by atoms with Crippen LogP contribution in [0.15, 0.2) is 29.3 Å². The number of benzene rings is 1. The van der Waals surface area contributed by atoms with E-state index in [1.54, 1.807) is 0 Å². The molecular weight excluding hydrogens is 252 g/mol. The van der Waals surface area contributed by atoms with Crippen molar-refractivity contribution in [2.45, 2.75) is 36.6 Å². The zero-order valence-electron chi connectivity index (χ0n) is 9.47. The molecule has 0 aromatic heterocycles. The molecule has 0 radical (unpaired) electrons. The molecule has 1 aliphatic carbocycles. The molecule has 4 heteroatoms. The third kappa shape index (κ3) is 2.37. The lowest BCUT2D eigenvalue weighted by Crippen LogP contribution is -2.35. The summed E-state index contributed by atoms with van der Waals surface area (Å²) in [5.74, 6) is 0. The Bertz CT molecular complexity index is 443. The molecule has 1 aromatic rings. The van der Waals surface area contributed by atoms with Crippen molar-refractivity contribution >= 4 is 28.4 Å². The SMILES string of the molecule is NC1CCC2N=C(c3ccc(Cl)cc3)SC2C1. The van der Waals surface area contributed by atoms with Gasteiger partial charge in [0.1, 0.15) is 0 Å². The second-order valence-electron chi connectivity index (χ2n) is 4.74. The average molecular weight is 267 g/mol. The van der Waals surface area contributed by atoms with E-state index in [2.05, 4.69) is 0 Å². The number of nitrogens with zero attached hydrogens (tertiary/aromatic N) is 1. The van der Waals surface area contributed by atoms with Gasteiger partial charge in [-0.2, -0.15) is 0 Å². The summed E-state index contributed by atoms with van der Waals surface area (Å²) in [6.07, 6.45) is 3.34. The Labute approximate surface area is 111 Å². The highest BCUT2D eigenvalue weighted by atomic mass is 35.5. The van der Waals surface area contributed by atoms with Gasteiger partial charge in [-0.25, -0.2) is 0 Å². The molecule has 1 heterocycles. The average Bonchev–Trinajstić information content (AvgIpc) is 2.72. The molecule has 0 saturated heterocycles. The fourth-order valence-corrected chi connectivity index (χ4v) is 4.06. The van der Waals surface area contributed by atoms with Gasteiger partial charge in [-0.05, 0) is 31.4 Å². The number of hydrogen-bond acceptors (Lipinski definition) is 3. The van der Waals surface area contributed by atoms with E-state index in [1.807, 2.05) is 36.0 Å². The number of halogens is 1. The lowest BCUT2D eigenvalue weighted by Gasteiger charge is -2.27. The Kier molecular flexibility index (Phi) is 3.16. The molecule has 2 aliphatic rings. The second-order valence-corrected chi connectivity index (χ2v) is 6.40. The first-order valence-electron chi connectivity index (χ1n) is 5.98. The number of thioether (sulfide) groups is 1. The molecule has 0 spiro atoms.